The van der Waals surface area contributed by atoms with E-state index in [0.29, 0.717) is 52.5 Å². The number of aryl methyl sites for hydroxylation is 2. The van der Waals surface area contributed by atoms with Crippen molar-refractivity contribution < 1.29 is 27.7 Å². The largest absolute Gasteiger partial charge is 0.666 e. The van der Waals surface area contributed by atoms with Crippen LogP contribution in [0.4, 0.5) is 11.4 Å². The van der Waals surface area contributed by atoms with Crippen molar-refractivity contribution in [1.29, 1.82) is 0 Å². The predicted octanol–water partition coefficient (Wildman–Crippen LogP) is 9.10. The molecule has 1 unspecified atom stereocenters. The summed E-state index contributed by atoms with van der Waals surface area (Å²) in [5, 5.41) is 3.43. The lowest BCUT2D eigenvalue weighted by atomic mass is 10.0. The van der Waals surface area contributed by atoms with Gasteiger partial charge in [-0.3, -0.25) is 9.59 Å². The fraction of sp³-hybridized carbons (Fsp3) is 0.412. The van der Waals surface area contributed by atoms with E-state index in [4.69, 9.17) is 25.2 Å². The average molecular weight is 642 g/mol. The Morgan fingerprint density at radius 2 is 1.64 bits per heavy atom. The first kappa shape index (κ1) is 33.9. The van der Waals surface area contributed by atoms with Gasteiger partial charge in [-0.1, -0.05) is 57.5 Å². The third kappa shape index (κ3) is 8.58. The molecule has 1 heterocycles. The quantitative estimate of drug-likeness (QED) is 0.166. The number of carbonyl (C=O) groups excluding carboxylic acids is 2. The monoisotopic (exact) mass is 641 g/mol. The summed E-state index contributed by atoms with van der Waals surface area (Å²) >= 11 is 6.44. The fourth-order valence-electron chi connectivity index (χ4n) is 4.96. The number of anilines is 2. The second-order valence-electron chi connectivity index (χ2n) is 12.0. The lowest BCUT2D eigenvalue weighted by Crippen LogP contribution is -2.32. The summed E-state index contributed by atoms with van der Waals surface area (Å²) in [6.07, 6.45) is 0.540. The molecular weight excluding hydrogens is 599 g/mol. The van der Waals surface area contributed by atoms with E-state index in [2.05, 4.69) is 5.32 Å². The molecule has 0 bridgehead atoms. The first-order valence-corrected chi connectivity index (χ1v) is 16.9. The molecule has 0 saturated heterocycles. The van der Waals surface area contributed by atoms with Crippen molar-refractivity contribution >= 4 is 42.6 Å². The average Bonchev–Trinajstić information content (AvgIpc) is 3.14. The normalized spacial score (nSPS) is 15.3. The third-order valence-electron chi connectivity index (χ3n) is 7.23. The van der Waals surface area contributed by atoms with Crippen molar-refractivity contribution in [3.05, 3.63) is 93.5 Å². The molecule has 3 aromatic rings. The highest BCUT2D eigenvalue weighted by Crippen LogP contribution is 2.55. The van der Waals surface area contributed by atoms with Crippen molar-refractivity contribution in [3.63, 3.8) is 0 Å². The molecule has 8 nitrogen and oxygen atoms in total. The highest BCUT2D eigenvalue weighted by Gasteiger charge is 2.42. The van der Waals surface area contributed by atoms with Gasteiger partial charge < -0.3 is 10.2 Å². The molecule has 44 heavy (non-hydrogen) atoms. The molecule has 10 heteroatoms. The van der Waals surface area contributed by atoms with Crippen LogP contribution in [0, 0.1) is 25.7 Å². The number of rotatable bonds is 11. The SMILES string of the molecule is Cc1ccccc1C(=O)Nc1ccc(C(=O)N2CCCC(OP(=[OH+])(OCC(C)C)OCC(C)C)c3cc(Cl)ccc32)c(C)c1. The second-order valence-corrected chi connectivity index (χ2v) is 14.1. The first-order chi connectivity index (χ1) is 20.9. The number of benzene rings is 3. The number of fused-ring (bicyclic) bond motifs is 1. The van der Waals surface area contributed by atoms with Crippen LogP contribution in [0.1, 0.15) is 84.0 Å². The van der Waals surface area contributed by atoms with Gasteiger partial charge in [0.05, 0.1) is 13.2 Å². The molecule has 236 valence electrons. The van der Waals surface area contributed by atoms with Gasteiger partial charge in [-0.15, -0.1) is 0 Å². The van der Waals surface area contributed by atoms with Gasteiger partial charge in [-0.05, 0) is 92.1 Å². The zero-order valence-electron chi connectivity index (χ0n) is 26.3. The van der Waals surface area contributed by atoms with Gasteiger partial charge in [0.15, 0.2) is 0 Å². The Bertz CT molecular complexity index is 1530. The molecule has 2 N–H and O–H groups in total. The van der Waals surface area contributed by atoms with Crippen LogP contribution in [0.3, 0.4) is 0 Å². The molecule has 4 rings (SSSR count). The fourth-order valence-corrected chi connectivity index (χ4v) is 6.85. The van der Waals surface area contributed by atoms with E-state index in [1.165, 1.54) is 0 Å². The maximum absolute atomic E-state index is 14.0. The van der Waals surface area contributed by atoms with Gasteiger partial charge in [-0.25, -0.2) is 18.1 Å². The van der Waals surface area contributed by atoms with Gasteiger partial charge in [-0.2, -0.15) is 0 Å². The van der Waals surface area contributed by atoms with Gasteiger partial charge in [0.25, 0.3) is 11.8 Å². The Morgan fingerprint density at radius 3 is 2.27 bits per heavy atom. The first-order valence-electron chi connectivity index (χ1n) is 15.0. The van der Waals surface area contributed by atoms with E-state index < -0.39 is 13.9 Å². The minimum absolute atomic E-state index is 0.169. The van der Waals surface area contributed by atoms with Crippen molar-refractivity contribution in [2.75, 3.05) is 30.0 Å². The molecule has 1 aliphatic rings. The molecule has 1 aliphatic heterocycles. The van der Waals surface area contributed by atoms with Crippen molar-refractivity contribution in [3.8, 4) is 0 Å². The Hall–Kier alpha value is -3.00. The van der Waals surface area contributed by atoms with E-state index in [1.54, 1.807) is 41.3 Å². The molecule has 0 radical (unpaired) electrons. The summed E-state index contributed by atoms with van der Waals surface area (Å²) in [5.41, 5.74) is 4.67. The van der Waals surface area contributed by atoms with Crippen molar-refractivity contribution in [1.82, 2.24) is 0 Å². The lowest BCUT2D eigenvalue weighted by molar-refractivity contribution is 0.0695. The molecular formula is C34H43ClN2O6P+. The van der Waals surface area contributed by atoms with E-state index in [0.717, 1.165) is 11.1 Å². The topological polar surface area (TPSA) is 98.5 Å². The number of halogens is 1. The summed E-state index contributed by atoms with van der Waals surface area (Å²) < 4.78 is 29.4. The molecule has 0 aliphatic carbocycles. The van der Waals surface area contributed by atoms with Gasteiger partial charge in [0.2, 0.25) is 0 Å². The summed E-state index contributed by atoms with van der Waals surface area (Å²) in [5.74, 6) is -0.0477. The van der Waals surface area contributed by atoms with E-state index >= 15 is 0 Å². The molecule has 0 aromatic heterocycles. The number of amides is 2. The summed E-state index contributed by atoms with van der Waals surface area (Å²) in [7, 11) is -3.67. The van der Waals surface area contributed by atoms with E-state index in [-0.39, 0.29) is 36.9 Å². The van der Waals surface area contributed by atoms with Crippen LogP contribution in [0.15, 0.2) is 60.7 Å². The third-order valence-corrected chi connectivity index (χ3v) is 8.93. The molecule has 0 spiro atoms. The van der Waals surface area contributed by atoms with Crippen LogP contribution >= 0.6 is 19.4 Å². The minimum atomic E-state index is -3.67. The van der Waals surface area contributed by atoms with Crippen molar-refractivity contribution in [2.24, 2.45) is 11.8 Å². The Morgan fingerprint density at radius 1 is 0.955 bits per heavy atom. The maximum Gasteiger partial charge on any atom is 0.666 e. The van der Waals surface area contributed by atoms with Crippen molar-refractivity contribution in [2.45, 2.75) is 60.5 Å². The van der Waals surface area contributed by atoms with Crippen LogP contribution in [0.25, 0.3) is 0 Å². The molecule has 2 amide bonds. The Labute approximate surface area is 265 Å². The lowest BCUT2D eigenvalue weighted by Gasteiger charge is -2.25. The summed E-state index contributed by atoms with van der Waals surface area (Å²) in [4.78, 5) is 28.6. The van der Waals surface area contributed by atoms with Gasteiger partial charge >= 0.3 is 7.82 Å². The Kier molecular flexibility index (Phi) is 11.4. The highest BCUT2D eigenvalue weighted by molar-refractivity contribution is 7.48. The summed E-state index contributed by atoms with van der Waals surface area (Å²) in [6.45, 7) is 12.7. The standard InChI is InChI=1S/C34H42ClN2O6P/c1-22(2)20-41-44(40,42-21-23(3)4)43-32-12-9-17-37(31-16-13-26(35)19-30(31)32)34(39)29-15-14-27(18-25(29)6)36-33(38)28-11-8-7-10-24(28)5/h7-8,10-11,13-16,18-19,22-23,32H,9,12,17,20-21H2,1-6H3,(H,36,38)/p+1. The van der Waals surface area contributed by atoms with Crippen LogP contribution in [-0.4, -0.2) is 36.1 Å². The Balaban J connectivity index is 1.60. The second kappa shape index (κ2) is 14.9. The smallest absolute Gasteiger partial charge is 0.322 e. The number of nitrogens with zero attached hydrogens (tertiary/aromatic N) is 1. The van der Waals surface area contributed by atoms with Crippen LogP contribution < -0.4 is 10.2 Å². The number of carbonyl (C=O) groups is 2. The maximum atomic E-state index is 14.0. The zero-order chi connectivity index (χ0) is 32.0. The van der Waals surface area contributed by atoms with Gasteiger partial charge in [0.1, 0.15) is 6.10 Å². The molecule has 0 fully saturated rings. The minimum Gasteiger partial charge on any atom is -0.322 e. The zero-order valence-corrected chi connectivity index (χ0v) is 28.0. The number of hydrogen-bond donors (Lipinski definition) is 1. The number of nitrogens with one attached hydrogen (secondary N) is 1. The van der Waals surface area contributed by atoms with Gasteiger partial charge in [0, 0.05) is 39.6 Å². The van der Waals surface area contributed by atoms with Crippen LogP contribution in [-0.2, 0) is 13.6 Å². The molecule has 3 aromatic carbocycles. The predicted molar refractivity (Wildman–Crippen MR) is 177 cm³/mol. The van der Waals surface area contributed by atoms with E-state index in [1.807, 2.05) is 65.8 Å². The molecule has 1 atom stereocenters. The van der Waals surface area contributed by atoms with E-state index in [9.17, 15) is 14.2 Å². The molecule has 0 saturated carbocycles. The summed E-state index contributed by atoms with van der Waals surface area (Å²) in [6, 6.07) is 18.0. The highest BCUT2D eigenvalue weighted by atomic mass is 35.5. The number of hydrogen-bond acceptors (Lipinski definition) is 5. The van der Waals surface area contributed by atoms with Crippen LogP contribution in [0.2, 0.25) is 5.02 Å². The van der Waals surface area contributed by atoms with Crippen LogP contribution in [0.5, 0.6) is 0 Å².